The van der Waals surface area contributed by atoms with E-state index in [1.54, 1.807) is 22.9 Å². The van der Waals surface area contributed by atoms with Crippen LogP contribution in [0.3, 0.4) is 0 Å². The first-order chi connectivity index (χ1) is 14.4. The number of hydrogen-bond acceptors (Lipinski definition) is 3. The number of nitrogens with one attached hydrogen (secondary N) is 1. The van der Waals surface area contributed by atoms with Crippen LogP contribution in [-0.2, 0) is 11.2 Å². The number of rotatable bonds is 8. The molecule has 0 fully saturated rings. The number of hydrogen-bond donors (Lipinski definition) is 1. The van der Waals surface area contributed by atoms with E-state index in [1.165, 1.54) is 6.07 Å². The Morgan fingerprint density at radius 3 is 2.53 bits per heavy atom. The lowest BCUT2D eigenvalue weighted by molar-refractivity contribution is -0.121. The van der Waals surface area contributed by atoms with Gasteiger partial charge in [-0.2, -0.15) is 9.78 Å². The molecule has 0 unspecified atom stereocenters. The maximum Gasteiger partial charge on any atom is 0.226 e. The van der Waals surface area contributed by atoms with E-state index in [-0.39, 0.29) is 11.7 Å². The van der Waals surface area contributed by atoms with Crippen molar-refractivity contribution in [3.63, 3.8) is 0 Å². The molecule has 0 bridgehead atoms. The normalized spacial score (nSPS) is 11.0. The molecule has 0 spiro atoms. The molecule has 1 aromatic heterocycles. The molecule has 1 N–H and O–H groups in total. The van der Waals surface area contributed by atoms with Gasteiger partial charge in [0.25, 0.3) is 0 Å². The van der Waals surface area contributed by atoms with Gasteiger partial charge in [0.2, 0.25) is 11.8 Å². The molecule has 3 aromatic rings. The summed E-state index contributed by atoms with van der Waals surface area (Å²) in [6.07, 6.45) is 0.756. The minimum atomic E-state index is -0.451. The van der Waals surface area contributed by atoms with Crippen LogP contribution in [0.2, 0.25) is 0 Å². The maximum atomic E-state index is 14.3. The first-order valence-corrected chi connectivity index (χ1v) is 10.2. The largest absolute Gasteiger partial charge is 0.436 e. The van der Waals surface area contributed by atoms with E-state index < -0.39 is 5.82 Å². The van der Waals surface area contributed by atoms with Crippen molar-refractivity contribution in [3.8, 4) is 17.3 Å². The minimum Gasteiger partial charge on any atom is -0.436 e. The third-order valence-corrected chi connectivity index (χ3v) is 4.83. The van der Waals surface area contributed by atoms with E-state index in [4.69, 9.17) is 4.74 Å². The van der Waals surface area contributed by atoms with Crippen molar-refractivity contribution in [2.75, 3.05) is 6.54 Å². The second-order valence-corrected chi connectivity index (χ2v) is 7.80. The Morgan fingerprint density at radius 1 is 1.13 bits per heavy atom. The molecular formula is C24H28FN3O2. The number of para-hydroxylation sites is 2. The summed E-state index contributed by atoms with van der Waals surface area (Å²) in [5.74, 6) is 0.470. The zero-order valence-corrected chi connectivity index (χ0v) is 17.9. The van der Waals surface area contributed by atoms with Crippen LogP contribution in [0.1, 0.15) is 37.1 Å². The second-order valence-electron chi connectivity index (χ2n) is 7.80. The summed E-state index contributed by atoms with van der Waals surface area (Å²) in [6.45, 7) is 8.61. The fourth-order valence-electron chi connectivity index (χ4n) is 3.17. The number of benzene rings is 2. The van der Waals surface area contributed by atoms with Crippen molar-refractivity contribution in [3.05, 3.63) is 71.2 Å². The highest BCUT2D eigenvalue weighted by Crippen LogP contribution is 2.33. The average Bonchev–Trinajstić information content (AvgIpc) is 3.02. The van der Waals surface area contributed by atoms with Crippen LogP contribution in [-0.4, -0.2) is 22.2 Å². The zero-order valence-electron chi connectivity index (χ0n) is 17.9. The number of amides is 1. The summed E-state index contributed by atoms with van der Waals surface area (Å²) >= 11 is 0. The fourth-order valence-corrected chi connectivity index (χ4v) is 3.17. The Bertz CT molecular complexity index is 1030. The molecule has 0 saturated carbocycles. The van der Waals surface area contributed by atoms with Gasteiger partial charge < -0.3 is 10.1 Å². The maximum absolute atomic E-state index is 14.3. The molecule has 2 aromatic carbocycles. The molecule has 3 rings (SSSR count). The monoisotopic (exact) mass is 409 g/mol. The first kappa shape index (κ1) is 21.6. The number of carbonyl (C=O) groups excluding carboxylic acids is 1. The van der Waals surface area contributed by atoms with Crippen LogP contribution < -0.4 is 10.1 Å². The summed E-state index contributed by atoms with van der Waals surface area (Å²) in [5, 5.41) is 7.59. The lowest BCUT2D eigenvalue weighted by atomic mass is 10.1. The van der Waals surface area contributed by atoms with Gasteiger partial charge in [0.1, 0.15) is 0 Å². The van der Waals surface area contributed by atoms with Gasteiger partial charge in [0.05, 0.1) is 11.4 Å². The third-order valence-electron chi connectivity index (χ3n) is 4.83. The molecule has 0 radical (unpaired) electrons. The molecule has 1 heterocycles. The van der Waals surface area contributed by atoms with Crippen molar-refractivity contribution in [1.29, 1.82) is 0 Å². The first-order valence-electron chi connectivity index (χ1n) is 10.2. The zero-order chi connectivity index (χ0) is 21.7. The van der Waals surface area contributed by atoms with Gasteiger partial charge in [-0.3, -0.25) is 4.79 Å². The standard InChI is InChI=1S/C24H28FN3O2/c1-16(2)15-26-23(29)14-13-19-18(4)27-28(21-11-7-5-9-17(21)3)24(19)30-22-12-8-6-10-20(22)25/h5-12,16H,13-15H2,1-4H3,(H,26,29). The van der Waals surface area contributed by atoms with Gasteiger partial charge in [-0.25, -0.2) is 4.39 Å². The van der Waals surface area contributed by atoms with E-state index in [2.05, 4.69) is 24.3 Å². The lowest BCUT2D eigenvalue weighted by Crippen LogP contribution is -2.27. The molecule has 0 aliphatic heterocycles. The summed E-state index contributed by atoms with van der Waals surface area (Å²) in [5.41, 5.74) is 3.41. The Labute approximate surface area is 176 Å². The summed E-state index contributed by atoms with van der Waals surface area (Å²) < 4.78 is 22.0. The highest BCUT2D eigenvalue weighted by molar-refractivity contribution is 5.76. The van der Waals surface area contributed by atoms with Crippen LogP contribution in [0.4, 0.5) is 4.39 Å². The van der Waals surface area contributed by atoms with Crippen LogP contribution in [0.15, 0.2) is 48.5 Å². The Kier molecular flexibility index (Phi) is 6.87. The van der Waals surface area contributed by atoms with Crippen molar-refractivity contribution >= 4 is 5.91 Å². The van der Waals surface area contributed by atoms with Crippen molar-refractivity contribution in [2.24, 2.45) is 5.92 Å². The minimum absolute atomic E-state index is 0.0245. The molecule has 0 aliphatic rings. The Morgan fingerprint density at radius 2 is 1.83 bits per heavy atom. The van der Waals surface area contributed by atoms with Crippen molar-refractivity contribution < 1.29 is 13.9 Å². The van der Waals surface area contributed by atoms with E-state index in [1.807, 2.05) is 38.1 Å². The summed E-state index contributed by atoms with van der Waals surface area (Å²) in [6, 6.07) is 14.1. The van der Waals surface area contributed by atoms with Crippen LogP contribution in [0.25, 0.3) is 5.69 Å². The average molecular weight is 410 g/mol. The third kappa shape index (κ3) is 5.06. The van der Waals surface area contributed by atoms with Gasteiger partial charge in [0, 0.05) is 18.5 Å². The van der Waals surface area contributed by atoms with E-state index in [9.17, 15) is 9.18 Å². The van der Waals surface area contributed by atoms with Crippen molar-refractivity contribution in [2.45, 2.75) is 40.5 Å². The summed E-state index contributed by atoms with van der Waals surface area (Å²) in [4.78, 5) is 12.2. The molecule has 6 heteroatoms. The second kappa shape index (κ2) is 9.57. The van der Waals surface area contributed by atoms with E-state index in [0.29, 0.717) is 31.2 Å². The Hall–Kier alpha value is -3.15. The SMILES string of the molecule is Cc1ccccc1-n1nc(C)c(CCC(=O)NCC(C)C)c1Oc1ccccc1F. The number of halogens is 1. The van der Waals surface area contributed by atoms with Crippen molar-refractivity contribution in [1.82, 2.24) is 15.1 Å². The molecule has 158 valence electrons. The molecular weight excluding hydrogens is 381 g/mol. The molecule has 0 saturated heterocycles. The highest BCUT2D eigenvalue weighted by atomic mass is 19.1. The van der Waals surface area contributed by atoms with Gasteiger partial charge >= 0.3 is 0 Å². The number of ether oxygens (including phenoxy) is 1. The van der Waals surface area contributed by atoms with Crippen LogP contribution in [0, 0.1) is 25.6 Å². The number of nitrogens with zero attached hydrogens (tertiary/aromatic N) is 2. The van der Waals surface area contributed by atoms with Gasteiger partial charge in [-0.15, -0.1) is 0 Å². The Balaban J connectivity index is 1.96. The number of aromatic nitrogens is 2. The summed E-state index contributed by atoms with van der Waals surface area (Å²) in [7, 11) is 0. The predicted molar refractivity (Wildman–Crippen MR) is 116 cm³/mol. The molecule has 30 heavy (non-hydrogen) atoms. The molecule has 0 atom stereocenters. The lowest BCUT2D eigenvalue weighted by Gasteiger charge is -2.13. The molecule has 1 amide bonds. The number of carbonyl (C=O) groups is 1. The number of aryl methyl sites for hydroxylation is 2. The molecule has 5 nitrogen and oxygen atoms in total. The van der Waals surface area contributed by atoms with Gasteiger partial charge in [-0.05, 0) is 49.9 Å². The topological polar surface area (TPSA) is 56.2 Å². The van der Waals surface area contributed by atoms with Gasteiger partial charge in [0.15, 0.2) is 11.6 Å². The quantitative estimate of drug-likeness (QED) is 0.561. The van der Waals surface area contributed by atoms with Gasteiger partial charge in [-0.1, -0.05) is 44.2 Å². The fraction of sp³-hybridized carbons (Fsp3) is 0.333. The van der Waals surface area contributed by atoms with E-state index in [0.717, 1.165) is 22.5 Å². The van der Waals surface area contributed by atoms with Crippen LogP contribution >= 0.6 is 0 Å². The highest BCUT2D eigenvalue weighted by Gasteiger charge is 2.21. The predicted octanol–water partition coefficient (Wildman–Crippen LogP) is 5.13. The van der Waals surface area contributed by atoms with E-state index >= 15 is 0 Å². The molecule has 0 aliphatic carbocycles. The smallest absolute Gasteiger partial charge is 0.226 e. The van der Waals surface area contributed by atoms with Crippen LogP contribution in [0.5, 0.6) is 11.6 Å².